The lowest BCUT2D eigenvalue weighted by Crippen LogP contribution is -2.35. The Morgan fingerprint density at radius 1 is 1.16 bits per heavy atom. The molecule has 1 N–H and O–H groups in total. The van der Waals surface area contributed by atoms with Crippen LogP contribution in [0.25, 0.3) is 0 Å². The van der Waals surface area contributed by atoms with Crippen LogP contribution in [-0.2, 0) is 4.79 Å². The van der Waals surface area contributed by atoms with Crippen LogP contribution in [0.3, 0.4) is 0 Å². The molecule has 1 rings (SSSR count). The summed E-state index contributed by atoms with van der Waals surface area (Å²) in [6.45, 7) is 12.6. The van der Waals surface area contributed by atoms with E-state index in [1.165, 1.54) is 6.08 Å². The second kappa shape index (κ2) is 5.30. The smallest absolute Gasteiger partial charge is 0.164 e. The van der Waals surface area contributed by atoms with Crippen LogP contribution in [-0.4, -0.2) is 10.9 Å². The zero-order chi connectivity index (χ0) is 14.9. The van der Waals surface area contributed by atoms with Crippen LogP contribution in [0.2, 0.25) is 0 Å². The SMILES string of the molecule is CCC(C)(C)C(O)=CC(=O)C1(C)CCC(C)(C)CC1. The van der Waals surface area contributed by atoms with Crippen molar-refractivity contribution in [2.24, 2.45) is 16.2 Å². The fraction of sp³-hybridized carbons (Fsp3) is 0.824. The molecule has 0 aromatic heterocycles. The molecular weight excluding hydrogens is 236 g/mol. The fourth-order valence-corrected chi connectivity index (χ4v) is 2.40. The molecular formula is C17H30O2. The summed E-state index contributed by atoms with van der Waals surface area (Å²) in [5, 5.41) is 10.1. The number of rotatable bonds is 4. The molecule has 1 aliphatic carbocycles. The van der Waals surface area contributed by atoms with Gasteiger partial charge in [-0.2, -0.15) is 0 Å². The molecule has 19 heavy (non-hydrogen) atoms. The molecule has 0 bridgehead atoms. The van der Waals surface area contributed by atoms with Crippen molar-refractivity contribution in [3.63, 3.8) is 0 Å². The number of carbonyl (C=O) groups excluding carboxylic acids is 1. The monoisotopic (exact) mass is 266 g/mol. The highest BCUT2D eigenvalue weighted by Gasteiger charge is 2.39. The predicted molar refractivity (Wildman–Crippen MR) is 80.1 cm³/mol. The maximum absolute atomic E-state index is 12.5. The largest absolute Gasteiger partial charge is 0.512 e. The summed E-state index contributed by atoms with van der Waals surface area (Å²) >= 11 is 0. The van der Waals surface area contributed by atoms with Gasteiger partial charge in [-0.25, -0.2) is 0 Å². The summed E-state index contributed by atoms with van der Waals surface area (Å²) in [6.07, 6.45) is 6.33. The Labute approximate surface area is 118 Å². The van der Waals surface area contributed by atoms with E-state index in [2.05, 4.69) is 13.8 Å². The first-order chi connectivity index (χ1) is 8.52. The van der Waals surface area contributed by atoms with Gasteiger partial charge in [0.25, 0.3) is 0 Å². The lowest BCUT2D eigenvalue weighted by Gasteiger charge is -2.40. The summed E-state index contributed by atoms with van der Waals surface area (Å²) in [4.78, 5) is 12.5. The molecule has 1 aliphatic rings. The highest BCUT2D eigenvalue weighted by atomic mass is 16.3. The Morgan fingerprint density at radius 2 is 1.63 bits per heavy atom. The average molecular weight is 266 g/mol. The minimum absolute atomic E-state index is 0.0991. The van der Waals surface area contributed by atoms with Crippen LogP contribution in [0, 0.1) is 16.2 Å². The maximum atomic E-state index is 12.5. The van der Waals surface area contributed by atoms with Crippen LogP contribution >= 0.6 is 0 Å². The van der Waals surface area contributed by atoms with E-state index in [0.717, 1.165) is 32.1 Å². The molecule has 0 spiro atoms. The highest BCUT2D eigenvalue weighted by molar-refractivity contribution is 5.95. The minimum atomic E-state index is -0.306. The van der Waals surface area contributed by atoms with Crippen molar-refractivity contribution in [2.75, 3.05) is 0 Å². The number of aliphatic hydroxyl groups is 1. The van der Waals surface area contributed by atoms with E-state index in [4.69, 9.17) is 0 Å². The van der Waals surface area contributed by atoms with Gasteiger partial charge in [-0.1, -0.05) is 41.5 Å². The van der Waals surface area contributed by atoms with E-state index < -0.39 is 0 Å². The Hall–Kier alpha value is -0.790. The van der Waals surface area contributed by atoms with E-state index in [9.17, 15) is 9.90 Å². The van der Waals surface area contributed by atoms with Crippen LogP contribution < -0.4 is 0 Å². The molecule has 2 heteroatoms. The molecule has 0 heterocycles. The van der Waals surface area contributed by atoms with Crippen LogP contribution in [0.4, 0.5) is 0 Å². The summed E-state index contributed by atoms with van der Waals surface area (Å²) in [6, 6.07) is 0. The molecule has 0 aromatic rings. The Morgan fingerprint density at radius 3 is 2.05 bits per heavy atom. The van der Waals surface area contributed by atoms with E-state index in [1.54, 1.807) is 0 Å². The number of allylic oxidation sites excluding steroid dienone is 2. The second-order valence-corrected chi connectivity index (χ2v) is 7.86. The summed E-state index contributed by atoms with van der Waals surface area (Å²) in [5.41, 5.74) is -0.235. The number of ketones is 1. The summed E-state index contributed by atoms with van der Waals surface area (Å²) in [7, 11) is 0. The van der Waals surface area contributed by atoms with E-state index in [-0.39, 0.29) is 22.4 Å². The van der Waals surface area contributed by atoms with Crippen molar-refractivity contribution in [3.8, 4) is 0 Å². The van der Waals surface area contributed by atoms with E-state index in [1.807, 2.05) is 27.7 Å². The Bertz CT molecular complexity index is 365. The molecule has 1 saturated carbocycles. The molecule has 0 aliphatic heterocycles. The topological polar surface area (TPSA) is 37.3 Å². The molecule has 2 nitrogen and oxygen atoms in total. The molecule has 0 aromatic carbocycles. The molecule has 110 valence electrons. The van der Waals surface area contributed by atoms with Gasteiger partial charge in [0.05, 0.1) is 0 Å². The second-order valence-electron chi connectivity index (χ2n) is 7.86. The lowest BCUT2D eigenvalue weighted by atomic mass is 9.64. The molecule has 0 amide bonds. The predicted octanol–water partition coefficient (Wildman–Crippen LogP) is 5.04. The van der Waals surface area contributed by atoms with Crippen molar-refractivity contribution < 1.29 is 9.90 Å². The van der Waals surface area contributed by atoms with Crippen LogP contribution in [0.15, 0.2) is 11.8 Å². The number of aliphatic hydroxyl groups excluding tert-OH is 1. The first-order valence-electron chi connectivity index (χ1n) is 7.48. The standard InChI is InChI=1S/C17H30O2/c1-7-16(4,5)13(18)12-14(19)17(6)10-8-15(2,3)9-11-17/h12,18H,7-11H2,1-6H3. The number of carbonyl (C=O) groups is 1. The fourth-order valence-electron chi connectivity index (χ4n) is 2.40. The van der Waals surface area contributed by atoms with E-state index >= 15 is 0 Å². The van der Waals surface area contributed by atoms with E-state index in [0.29, 0.717) is 5.41 Å². The van der Waals surface area contributed by atoms with Gasteiger partial charge in [0.15, 0.2) is 5.78 Å². The Balaban J connectivity index is 2.82. The first kappa shape index (κ1) is 16.3. The van der Waals surface area contributed by atoms with Gasteiger partial charge in [-0.05, 0) is 37.5 Å². The van der Waals surface area contributed by atoms with Gasteiger partial charge >= 0.3 is 0 Å². The molecule has 0 atom stereocenters. The average Bonchev–Trinajstić information content (AvgIpc) is 2.33. The molecule has 1 fully saturated rings. The quantitative estimate of drug-likeness (QED) is 0.571. The molecule has 0 saturated heterocycles. The van der Waals surface area contributed by atoms with Crippen LogP contribution in [0.5, 0.6) is 0 Å². The van der Waals surface area contributed by atoms with Gasteiger partial charge in [0, 0.05) is 16.9 Å². The number of hydrogen-bond donors (Lipinski definition) is 1. The Kier molecular flexibility index (Phi) is 4.54. The minimum Gasteiger partial charge on any atom is -0.512 e. The summed E-state index contributed by atoms with van der Waals surface area (Å²) in [5.74, 6) is 0.327. The van der Waals surface area contributed by atoms with Crippen molar-refractivity contribution in [3.05, 3.63) is 11.8 Å². The molecule has 0 unspecified atom stereocenters. The van der Waals surface area contributed by atoms with Crippen molar-refractivity contribution in [1.29, 1.82) is 0 Å². The lowest BCUT2D eigenvalue weighted by molar-refractivity contribution is -0.126. The zero-order valence-corrected chi connectivity index (χ0v) is 13.5. The van der Waals surface area contributed by atoms with Gasteiger partial charge in [0.1, 0.15) is 5.76 Å². The highest BCUT2D eigenvalue weighted by Crippen LogP contribution is 2.45. The van der Waals surface area contributed by atoms with Crippen LogP contribution in [0.1, 0.15) is 73.6 Å². The molecule has 0 radical (unpaired) electrons. The van der Waals surface area contributed by atoms with Gasteiger partial charge in [0.2, 0.25) is 0 Å². The van der Waals surface area contributed by atoms with Crippen molar-refractivity contribution >= 4 is 5.78 Å². The van der Waals surface area contributed by atoms with Crippen molar-refractivity contribution in [1.82, 2.24) is 0 Å². The zero-order valence-electron chi connectivity index (χ0n) is 13.5. The first-order valence-corrected chi connectivity index (χ1v) is 7.48. The third-order valence-electron chi connectivity index (χ3n) is 5.15. The number of hydrogen-bond acceptors (Lipinski definition) is 2. The van der Waals surface area contributed by atoms with Gasteiger partial charge in [-0.15, -0.1) is 0 Å². The van der Waals surface area contributed by atoms with Crippen molar-refractivity contribution in [2.45, 2.75) is 73.6 Å². The van der Waals surface area contributed by atoms with Gasteiger partial charge in [-0.3, -0.25) is 4.79 Å². The third kappa shape index (κ3) is 3.84. The third-order valence-corrected chi connectivity index (χ3v) is 5.15. The summed E-state index contributed by atoms with van der Waals surface area (Å²) < 4.78 is 0. The van der Waals surface area contributed by atoms with Gasteiger partial charge < -0.3 is 5.11 Å². The maximum Gasteiger partial charge on any atom is 0.164 e. The normalized spacial score (nSPS) is 23.2.